The molecular weight excluding hydrogens is 395 g/mol. The van der Waals surface area contributed by atoms with E-state index in [1.807, 2.05) is 6.07 Å². The molecule has 7 nitrogen and oxygen atoms in total. The Kier molecular flexibility index (Phi) is 5.37. The molecule has 1 fully saturated rings. The molecule has 9 heteroatoms. The lowest BCUT2D eigenvalue weighted by Crippen LogP contribution is -2.29. The third-order valence-corrected chi connectivity index (χ3v) is 7.39. The molecular formula is C20H23FN4O3S. The van der Waals surface area contributed by atoms with E-state index in [4.69, 9.17) is 9.72 Å². The van der Waals surface area contributed by atoms with Crippen molar-refractivity contribution in [3.05, 3.63) is 53.9 Å². The average Bonchev–Trinajstić information content (AvgIpc) is 3.33. The summed E-state index contributed by atoms with van der Waals surface area (Å²) in [4.78, 5) is 8.97. The molecule has 3 heterocycles. The van der Waals surface area contributed by atoms with E-state index < -0.39 is 15.8 Å². The van der Waals surface area contributed by atoms with E-state index in [2.05, 4.69) is 9.55 Å². The molecule has 2 aromatic heterocycles. The molecule has 1 aliphatic heterocycles. The van der Waals surface area contributed by atoms with Gasteiger partial charge in [-0.3, -0.25) is 4.98 Å². The number of aryl methyl sites for hydroxylation is 1. The summed E-state index contributed by atoms with van der Waals surface area (Å²) in [5.74, 6) is 0.223. The predicted molar refractivity (Wildman–Crippen MR) is 107 cm³/mol. The maximum atomic E-state index is 13.7. The van der Waals surface area contributed by atoms with E-state index in [0.717, 1.165) is 22.9 Å². The lowest BCUT2D eigenvalue weighted by Gasteiger charge is -2.18. The summed E-state index contributed by atoms with van der Waals surface area (Å²) in [6.45, 7) is 3.48. The summed E-state index contributed by atoms with van der Waals surface area (Å²) in [6.07, 6.45) is 4.11. The fraction of sp³-hybridized carbons (Fsp3) is 0.400. The zero-order valence-electron chi connectivity index (χ0n) is 16.4. The van der Waals surface area contributed by atoms with Crippen LogP contribution in [0.3, 0.4) is 0 Å². The first-order valence-electron chi connectivity index (χ1n) is 9.47. The highest BCUT2D eigenvalue weighted by atomic mass is 32.2. The SMILES string of the molecule is COCCn1c([C@H]2CCN(S(=O)(=O)c3cc(F)ccc3C)C2)nc2ccncc21. The number of sulfonamides is 1. The van der Waals surface area contributed by atoms with Crippen LogP contribution in [-0.4, -0.2) is 54.1 Å². The number of ether oxygens (including phenoxy) is 1. The number of halogens is 1. The van der Waals surface area contributed by atoms with Crippen molar-refractivity contribution in [3.63, 3.8) is 0 Å². The van der Waals surface area contributed by atoms with Gasteiger partial charge >= 0.3 is 0 Å². The van der Waals surface area contributed by atoms with Gasteiger partial charge in [-0.25, -0.2) is 17.8 Å². The fourth-order valence-electron chi connectivity index (χ4n) is 3.87. The van der Waals surface area contributed by atoms with Gasteiger partial charge in [0.1, 0.15) is 11.6 Å². The van der Waals surface area contributed by atoms with E-state index in [9.17, 15) is 12.8 Å². The topological polar surface area (TPSA) is 77.3 Å². The number of fused-ring (bicyclic) bond motifs is 1. The number of hydrogen-bond acceptors (Lipinski definition) is 5. The number of methoxy groups -OCH3 is 1. The van der Waals surface area contributed by atoms with Gasteiger partial charge in [0.15, 0.2) is 0 Å². The fourth-order valence-corrected chi connectivity index (χ4v) is 5.60. The quantitative estimate of drug-likeness (QED) is 0.615. The van der Waals surface area contributed by atoms with Crippen LogP contribution in [0.25, 0.3) is 11.0 Å². The number of rotatable bonds is 6. The van der Waals surface area contributed by atoms with Crippen LogP contribution in [0, 0.1) is 12.7 Å². The predicted octanol–water partition coefficient (Wildman–Crippen LogP) is 2.70. The number of nitrogens with zero attached hydrogens (tertiary/aromatic N) is 4. The maximum absolute atomic E-state index is 13.7. The Labute approximate surface area is 169 Å². The molecule has 1 atom stereocenters. The van der Waals surface area contributed by atoms with Gasteiger partial charge < -0.3 is 9.30 Å². The summed E-state index contributed by atoms with van der Waals surface area (Å²) in [6, 6.07) is 5.71. The number of pyridine rings is 1. The molecule has 154 valence electrons. The van der Waals surface area contributed by atoms with Gasteiger partial charge in [-0.05, 0) is 37.1 Å². The van der Waals surface area contributed by atoms with Crippen molar-refractivity contribution in [1.29, 1.82) is 0 Å². The minimum Gasteiger partial charge on any atom is -0.383 e. The third kappa shape index (κ3) is 3.65. The highest BCUT2D eigenvalue weighted by molar-refractivity contribution is 7.89. The van der Waals surface area contributed by atoms with Gasteiger partial charge in [-0.1, -0.05) is 6.07 Å². The van der Waals surface area contributed by atoms with Crippen molar-refractivity contribution >= 4 is 21.1 Å². The molecule has 0 unspecified atom stereocenters. The third-order valence-electron chi connectivity index (χ3n) is 5.38. The van der Waals surface area contributed by atoms with Crippen LogP contribution in [0.15, 0.2) is 41.6 Å². The molecule has 3 aromatic rings. The minimum atomic E-state index is -3.77. The van der Waals surface area contributed by atoms with E-state index in [1.54, 1.807) is 26.4 Å². The summed E-state index contributed by atoms with van der Waals surface area (Å²) in [7, 11) is -2.13. The van der Waals surface area contributed by atoms with Crippen LogP contribution in [0.1, 0.15) is 23.7 Å². The van der Waals surface area contributed by atoms with Crippen molar-refractivity contribution in [1.82, 2.24) is 18.8 Å². The molecule has 0 spiro atoms. The summed E-state index contributed by atoms with van der Waals surface area (Å²) >= 11 is 0. The molecule has 1 aromatic carbocycles. The summed E-state index contributed by atoms with van der Waals surface area (Å²) < 4.78 is 48.6. The van der Waals surface area contributed by atoms with Crippen molar-refractivity contribution in [2.75, 3.05) is 26.8 Å². The van der Waals surface area contributed by atoms with E-state index in [-0.39, 0.29) is 10.8 Å². The molecule has 1 aliphatic rings. The first kappa shape index (κ1) is 19.9. The lowest BCUT2D eigenvalue weighted by molar-refractivity contribution is 0.187. The van der Waals surface area contributed by atoms with Gasteiger partial charge in [-0.2, -0.15) is 4.31 Å². The first-order valence-corrected chi connectivity index (χ1v) is 10.9. The normalized spacial score (nSPS) is 18.0. The second-order valence-electron chi connectivity index (χ2n) is 7.24. The van der Waals surface area contributed by atoms with E-state index >= 15 is 0 Å². The molecule has 0 bridgehead atoms. The molecule has 29 heavy (non-hydrogen) atoms. The van der Waals surface area contributed by atoms with Crippen molar-refractivity contribution in [3.8, 4) is 0 Å². The summed E-state index contributed by atoms with van der Waals surface area (Å²) in [5, 5.41) is 0. The lowest BCUT2D eigenvalue weighted by atomic mass is 10.1. The standard InChI is InChI=1S/C20H23FN4O3S/c1-14-3-4-16(21)11-19(14)29(26,27)24-8-6-15(13-24)20-23-17-5-7-22-12-18(17)25(20)9-10-28-2/h3-5,7,11-12,15H,6,8-10,13H2,1-2H3/t15-/m0/s1. The monoisotopic (exact) mass is 418 g/mol. The van der Waals surface area contributed by atoms with Crippen LogP contribution >= 0.6 is 0 Å². The Hall–Kier alpha value is -2.36. The van der Waals surface area contributed by atoms with E-state index in [0.29, 0.717) is 38.2 Å². The first-order chi connectivity index (χ1) is 13.9. The second-order valence-corrected chi connectivity index (χ2v) is 9.14. The van der Waals surface area contributed by atoms with Crippen LogP contribution < -0.4 is 0 Å². The highest BCUT2D eigenvalue weighted by Crippen LogP contribution is 2.33. The van der Waals surface area contributed by atoms with Crippen LogP contribution in [0.4, 0.5) is 4.39 Å². The Bertz CT molecular complexity index is 1150. The van der Waals surface area contributed by atoms with Gasteiger partial charge in [0.25, 0.3) is 0 Å². The second kappa shape index (κ2) is 7.81. The van der Waals surface area contributed by atoms with Gasteiger partial charge in [0, 0.05) is 38.9 Å². The largest absolute Gasteiger partial charge is 0.383 e. The molecule has 4 rings (SSSR count). The Morgan fingerprint density at radius 3 is 2.93 bits per heavy atom. The molecule has 0 saturated carbocycles. The zero-order valence-corrected chi connectivity index (χ0v) is 17.2. The Morgan fingerprint density at radius 2 is 2.14 bits per heavy atom. The van der Waals surface area contributed by atoms with Crippen LogP contribution in [-0.2, 0) is 21.3 Å². The van der Waals surface area contributed by atoms with Gasteiger partial charge in [0.05, 0.1) is 28.7 Å². The van der Waals surface area contributed by atoms with Crippen molar-refractivity contribution in [2.24, 2.45) is 0 Å². The molecule has 1 saturated heterocycles. The molecule has 0 radical (unpaired) electrons. The van der Waals surface area contributed by atoms with Crippen molar-refractivity contribution in [2.45, 2.75) is 30.7 Å². The number of benzene rings is 1. The molecule has 0 amide bonds. The van der Waals surface area contributed by atoms with Crippen LogP contribution in [0.2, 0.25) is 0 Å². The molecule has 0 aliphatic carbocycles. The number of imidazole rings is 1. The van der Waals surface area contributed by atoms with Gasteiger partial charge in [-0.15, -0.1) is 0 Å². The van der Waals surface area contributed by atoms with Gasteiger partial charge in [0.2, 0.25) is 10.0 Å². The Balaban J connectivity index is 1.66. The summed E-state index contributed by atoms with van der Waals surface area (Å²) in [5.41, 5.74) is 2.27. The number of hydrogen-bond donors (Lipinski definition) is 0. The van der Waals surface area contributed by atoms with E-state index in [1.165, 1.54) is 16.4 Å². The smallest absolute Gasteiger partial charge is 0.243 e. The Morgan fingerprint density at radius 1 is 1.31 bits per heavy atom. The molecule has 0 N–H and O–H groups in total. The highest BCUT2D eigenvalue weighted by Gasteiger charge is 2.36. The maximum Gasteiger partial charge on any atom is 0.243 e. The average molecular weight is 418 g/mol. The minimum absolute atomic E-state index is 0.0234. The zero-order chi connectivity index (χ0) is 20.6. The number of aromatic nitrogens is 3. The van der Waals surface area contributed by atoms with Crippen molar-refractivity contribution < 1.29 is 17.5 Å². The van der Waals surface area contributed by atoms with Crippen LogP contribution in [0.5, 0.6) is 0 Å².